The van der Waals surface area contributed by atoms with Gasteiger partial charge in [-0.05, 0) is 0 Å². The van der Waals surface area contributed by atoms with Crippen LogP contribution in [0, 0.1) is 17.8 Å². The van der Waals surface area contributed by atoms with Crippen LogP contribution in [0.5, 0.6) is 0 Å². The lowest BCUT2D eigenvalue weighted by Crippen LogP contribution is -2.24. The second-order valence-corrected chi connectivity index (χ2v) is 12.0. The van der Waals surface area contributed by atoms with E-state index in [9.17, 15) is 0 Å². The van der Waals surface area contributed by atoms with Crippen molar-refractivity contribution >= 4 is 14.1 Å². The molecule has 0 amide bonds. The molecule has 0 bridgehead atoms. The zero-order valence-corrected chi connectivity index (χ0v) is 20.1. The summed E-state index contributed by atoms with van der Waals surface area (Å²) in [6.07, 6.45) is 17.3. The Morgan fingerprint density at radius 1 is 0.480 bits per heavy atom. The Labute approximate surface area is 166 Å². The van der Waals surface area contributed by atoms with Crippen LogP contribution in [0.2, 0.25) is 15.8 Å². The molecule has 0 aromatic heterocycles. The molecule has 25 heavy (non-hydrogen) atoms. The molecule has 0 aromatic rings. The van der Waals surface area contributed by atoms with Gasteiger partial charge in [0.25, 0.3) is 14.1 Å². The molecule has 3 atom stereocenters. The molecule has 0 N–H and O–H groups in total. The molecule has 0 rings (SSSR count). The summed E-state index contributed by atoms with van der Waals surface area (Å²) in [5.74, 6) is 3.14. The van der Waals surface area contributed by atoms with Gasteiger partial charge in [-0.15, -0.1) is 0 Å². The van der Waals surface area contributed by atoms with Gasteiger partial charge in [0.2, 0.25) is 0 Å². The predicted molar refractivity (Wildman–Crippen MR) is 120 cm³/mol. The molecule has 0 saturated carbocycles. The lowest BCUT2D eigenvalue weighted by molar-refractivity contribution is 0.453. The van der Waals surface area contributed by atoms with E-state index in [0.717, 1.165) is 17.8 Å². The molecular formula is C24H51Al. The van der Waals surface area contributed by atoms with Gasteiger partial charge < -0.3 is 0 Å². The van der Waals surface area contributed by atoms with Gasteiger partial charge in [-0.3, -0.25) is 0 Å². The Bertz CT molecular complexity index is 220. The number of unbranched alkanes of at least 4 members (excludes halogenated alkanes) is 3. The van der Waals surface area contributed by atoms with Crippen LogP contribution in [0.1, 0.15) is 119 Å². The average molecular weight is 367 g/mol. The third-order valence-corrected chi connectivity index (χ3v) is 10.6. The van der Waals surface area contributed by atoms with Crippen LogP contribution in [0.25, 0.3) is 0 Å². The van der Waals surface area contributed by atoms with E-state index in [1.807, 2.05) is 0 Å². The molecule has 0 aromatic carbocycles. The molecule has 0 saturated heterocycles. The summed E-state index contributed by atoms with van der Waals surface area (Å²) >= 11 is -0.588. The summed E-state index contributed by atoms with van der Waals surface area (Å²) in [6, 6.07) is 0. The van der Waals surface area contributed by atoms with E-state index in [1.54, 1.807) is 15.8 Å². The van der Waals surface area contributed by atoms with Gasteiger partial charge in [-0.2, -0.15) is 0 Å². The van der Waals surface area contributed by atoms with Gasteiger partial charge in [0.05, 0.1) is 0 Å². The molecule has 1 heteroatoms. The van der Waals surface area contributed by atoms with Crippen molar-refractivity contribution in [2.24, 2.45) is 17.8 Å². The molecule has 0 aliphatic heterocycles. The SMILES string of the molecule is CCCCC(CC)[CH2][Al]([CH2]C(CC)CCCC)[CH2]C(CC)CCCC. The topological polar surface area (TPSA) is 0 Å². The fraction of sp³-hybridized carbons (Fsp3) is 1.00. The summed E-state index contributed by atoms with van der Waals surface area (Å²) in [6.45, 7) is 14.4. The van der Waals surface area contributed by atoms with Gasteiger partial charge in [-0.1, -0.05) is 152 Å². The first-order valence-corrected chi connectivity index (χ1v) is 14.6. The van der Waals surface area contributed by atoms with Crippen LogP contribution in [-0.4, -0.2) is 14.1 Å². The first kappa shape index (κ1) is 25.5. The predicted octanol–water partition coefficient (Wildman–Crippen LogP) is 9.13. The summed E-state index contributed by atoms with van der Waals surface area (Å²) in [4.78, 5) is 0. The fourth-order valence-corrected chi connectivity index (χ4v) is 9.76. The van der Waals surface area contributed by atoms with Crippen LogP contribution in [0.3, 0.4) is 0 Å². The lowest BCUT2D eigenvalue weighted by atomic mass is 10.0. The zero-order valence-electron chi connectivity index (χ0n) is 18.9. The number of hydrogen-bond donors (Lipinski definition) is 0. The summed E-state index contributed by atoms with van der Waals surface area (Å²) in [5, 5.41) is 4.96. The van der Waals surface area contributed by atoms with Crippen LogP contribution < -0.4 is 0 Å². The van der Waals surface area contributed by atoms with Crippen molar-refractivity contribution in [2.75, 3.05) is 0 Å². The lowest BCUT2D eigenvalue weighted by Gasteiger charge is -2.26. The third-order valence-electron chi connectivity index (χ3n) is 6.63. The highest BCUT2D eigenvalue weighted by Crippen LogP contribution is 2.31. The minimum absolute atomic E-state index is 0.588. The molecule has 0 radical (unpaired) electrons. The Hall–Kier alpha value is 0.532. The van der Waals surface area contributed by atoms with Crippen LogP contribution >= 0.6 is 0 Å². The molecule has 0 heterocycles. The van der Waals surface area contributed by atoms with E-state index >= 15 is 0 Å². The quantitative estimate of drug-likeness (QED) is 0.212. The van der Waals surface area contributed by atoms with Gasteiger partial charge >= 0.3 is 0 Å². The Balaban J connectivity index is 4.80. The molecular weight excluding hydrogens is 315 g/mol. The molecule has 0 spiro atoms. The maximum absolute atomic E-state index is 2.45. The van der Waals surface area contributed by atoms with E-state index in [2.05, 4.69) is 41.5 Å². The van der Waals surface area contributed by atoms with Gasteiger partial charge in [0.1, 0.15) is 0 Å². The van der Waals surface area contributed by atoms with E-state index in [4.69, 9.17) is 0 Å². The Morgan fingerprint density at radius 3 is 0.960 bits per heavy atom. The second-order valence-electron chi connectivity index (χ2n) is 8.82. The summed E-state index contributed by atoms with van der Waals surface area (Å²) < 4.78 is 0. The highest BCUT2D eigenvalue weighted by atomic mass is 27.2. The van der Waals surface area contributed by atoms with Crippen molar-refractivity contribution in [3.63, 3.8) is 0 Å². The first-order chi connectivity index (χ1) is 12.1. The van der Waals surface area contributed by atoms with Crippen LogP contribution in [0.15, 0.2) is 0 Å². The van der Waals surface area contributed by atoms with Crippen molar-refractivity contribution in [2.45, 2.75) is 134 Å². The largest absolute Gasteiger partial charge is 0.262 e. The van der Waals surface area contributed by atoms with E-state index in [-0.39, 0.29) is 0 Å². The highest BCUT2D eigenvalue weighted by Gasteiger charge is 2.26. The minimum atomic E-state index is -0.588. The molecule has 0 aliphatic rings. The molecule has 150 valence electrons. The molecule has 3 unspecified atom stereocenters. The van der Waals surface area contributed by atoms with E-state index in [0.29, 0.717) is 0 Å². The normalized spacial score (nSPS) is 15.1. The van der Waals surface area contributed by atoms with E-state index in [1.165, 1.54) is 77.0 Å². The van der Waals surface area contributed by atoms with Crippen molar-refractivity contribution < 1.29 is 0 Å². The summed E-state index contributed by atoms with van der Waals surface area (Å²) in [7, 11) is 0. The average Bonchev–Trinajstić information content (AvgIpc) is 2.64. The highest BCUT2D eigenvalue weighted by molar-refractivity contribution is 6.59. The molecule has 0 nitrogen and oxygen atoms in total. The van der Waals surface area contributed by atoms with Crippen molar-refractivity contribution in [3.05, 3.63) is 0 Å². The van der Waals surface area contributed by atoms with Crippen molar-refractivity contribution in [1.29, 1.82) is 0 Å². The molecule has 0 fully saturated rings. The number of rotatable bonds is 18. The Morgan fingerprint density at radius 2 is 0.760 bits per heavy atom. The standard InChI is InChI=1S/3C8H17.Al/c3*1-4-6-7-8(3)5-2;/h3*8H,3-7H2,1-2H3;. The Kier molecular flexibility index (Phi) is 18.3. The number of hydrogen-bond acceptors (Lipinski definition) is 0. The van der Waals surface area contributed by atoms with Gasteiger partial charge in [-0.25, -0.2) is 0 Å². The van der Waals surface area contributed by atoms with E-state index < -0.39 is 14.1 Å². The van der Waals surface area contributed by atoms with Gasteiger partial charge in [0, 0.05) is 0 Å². The smallest absolute Gasteiger partial charge is 0.0910 e. The van der Waals surface area contributed by atoms with Crippen LogP contribution in [0.4, 0.5) is 0 Å². The van der Waals surface area contributed by atoms with Crippen molar-refractivity contribution in [1.82, 2.24) is 0 Å². The maximum atomic E-state index is 2.45. The third kappa shape index (κ3) is 13.4. The zero-order chi connectivity index (χ0) is 18.9. The fourth-order valence-electron chi connectivity index (χ4n) is 4.65. The maximum Gasteiger partial charge on any atom is 0.262 e. The molecule has 0 aliphatic carbocycles. The minimum Gasteiger partial charge on any atom is -0.0910 e. The second kappa shape index (κ2) is 17.9. The first-order valence-electron chi connectivity index (χ1n) is 12.1. The van der Waals surface area contributed by atoms with Crippen LogP contribution in [-0.2, 0) is 0 Å². The van der Waals surface area contributed by atoms with Crippen molar-refractivity contribution in [3.8, 4) is 0 Å². The van der Waals surface area contributed by atoms with Gasteiger partial charge in [0.15, 0.2) is 0 Å². The summed E-state index contributed by atoms with van der Waals surface area (Å²) in [5.41, 5.74) is 0. The monoisotopic (exact) mass is 366 g/mol.